The van der Waals surface area contributed by atoms with Crippen molar-refractivity contribution in [2.24, 2.45) is 11.3 Å². The first-order chi connectivity index (χ1) is 7.63. The van der Waals surface area contributed by atoms with Crippen molar-refractivity contribution in [3.05, 3.63) is 0 Å². The van der Waals surface area contributed by atoms with E-state index in [2.05, 4.69) is 25.7 Å². The van der Waals surface area contributed by atoms with Crippen LogP contribution in [0.4, 0.5) is 0 Å². The molecule has 1 aliphatic carbocycles. The van der Waals surface area contributed by atoms with Gasteiger partial charge in [-0.1, -0.05) is 27.2 Å². The van der Waals surface area contributed by atoms with Gasteiger partial charge >= 0.3 is 0 Å². The van der Waals surface area contributed by atoms with E-state index in [0.717, 1.165) is 31.8 Å². The SMILES string of the molecule is CCCN(CC1CC1)CC(C)(C=O)CCC. The van der Waals surface area contributed by atoms with E-state index in [1.807, 2.05) is 0 Å². The summed E-state index contributed by atoms with van der Waals surface area (Å²) in [5.74, 6) is 0.920. The minimum atomic E-state index is -0.126. The molecule has 1 saturated carbocycles. The van der Waals surface area contributed by atoms with Gasteiger partial charge in [-0.3, -0.25) is 0 Å². The molecular formula is C14H27NO. The zero-order valence-electron chi connectivity index (χ0n) is 11.2. The molecule has 0 heterocycles. The second kappa shape index (κ2) is 6.39. The lowest BCUT2D eigenvalue weighted by molar-refractivity contribution is -0.116. The third-order valence-electron chi connectivity index (χ3n) is 3.44. The fourth-order valence-electron chi connectivity index (χ4n) is 2.47. The summed E-state index contributed by atoms with van der Waals surface area (Å²) in [5, 5.41) is 0. The van der Waals surface area contributed by atoms with Crippen LogP contribution < -0.4 is 0 Å². The van der Waals surface area contributed by atoms with Crippen LogP contribution in [-0.4, -0.2) is 30.8 Å². The lowest BCUT2D eigenvalue weighted by atomic mass is 9.86. The minimum Gasteiger partial charge on any atom is -0.303 e. The maximum absolute atomic E-state index is 11.2. The van der Waals surface area contributed by atoms with E-state index < -0.39 is 0 Å². The van der Waals surface area contributed by atoms with Gasteiger partial charge in [0.1, 0.15) is 6.29 Å². The minimum absolute atomic E-state index is 0.126. The smallest absolute Gasteiger partial charge is 0.127 e. The Morgan fingerprint density at radius 3 is 2.44 bits per heavy atom. The van der Waals surface area contributed by atoms with Crippen molar-refractivity contribution in [1.29, 1.82) is 0 Å². The van der Waals surface area contributed by atoms with Gasteiger partial charge in [0.2, 0.25) is 0 Å². The van der Waals surface area contributed by atoms with E-state index in [4.69, 9.17) is 0 Å². The standard InChI is InChI=1S/C14H27NO/c1-4-8-14(3,12-16)11-15(9-5-2)10-13-6-7-13/h12-13H,4-11H2,1-3H3. The van der Waals surface area contributed by atoms with Crippen molar-refractivity contribution in [2.45, 2.75) is 52.9 Å². The van der Waals surface area contributed by atoms with Crippen molar-refractivity contribution >= 4 is 6.29 Å². The number of nitrogens with zero attached hydrogens (tertiary/aromatic N) is 1. The van der Waals surface area contributed by atoms with E-state index in [1.165, 1.54) is 32.1 Å². The molecule has 0 saturated heterocycles. The first-order valence-corrected chi connectivity index (χ1v) is 6.82. The summed E-state index contributed by atoms with van der Waals surface area (Å²) in [5.41, 5.74) is -0.126. The van der Waals surface area contributed by atoms with Gasteiger partial charge in [0.25, 0.3) is 0 Å². The second-order valence-corrected chi connectivity index (χ2v) is 5.70. The molecule has 1 rings (SSSR count). The molecule has 1 aliphatic rings. The van der Waals surface area contributed by atoms with Gasteiger partial charge in [0.05, 0.1) is 0 Å². The van der Waals surface area contributed by atoms with Crippen LogP contribution in [0.15, 0.2) is 0 Å². The average molecular weight is 225 g/mol. The Morgan fingerprint density at radius 2 is 2.00 bits per heavy atom. The number of aldehydes is 1. The molecule has 0 bridgehead atoms. The molecule has 0 aromatic rings. The molecule has 16 heavy (non-hydrogen) atoms. The molecule has 1 fully saturated rings. The summed E-state index contributed by atoms with van der Waals surface area (Å²) in [6.45, 7) is 9.79. The number of hydrogen-bond donors (Lipinski definition) is 0. The molecule has 1 unspecified atom stereocenters. The van der Waals surface area contributed by atoms with Gasteiger partial charge < -0.3 is 9.69 Å². The highest BCUT2D eigenvalue weighted by Gasteiger charge is 2.29. The van der Waals surface area contributed by atoms with Gasteiger partial charge in [-0.05, 0) is 38.1 Å². The Balaban J connectivity index is 2.45. The summed E-state index contributed by atoms with van der Waals surface area (Å²) in [4.78, 5) is 13.7. The van der Waals surface area contributed by atoms with Gasteiger partial charge in [-0.25, -0.2) is 0 Å². The third-order valence-corrected chi connectivity index (χ3v) is 3.44. The fraction of sp³-hybridized carbons (Fsp3) is 0.929. The van der Waals surface area contributed by atoms with Crippen LogP contribution in [0.5, 0.6) is 0 Å². The number of carbonyl (C=O) groups excluding carboxylic acids is 1. The van der Waals surface area contributed by atoms with Crippen molar-refractivity contribution < 1.29 is 4.79 Å². The highest BCUT2D eigenvalue weighted by Crippen LogP contribution is 2.31. The molecule has 0 radical (unpaired) electrons. The Kier molecular flexibility index (Phi) is 5.47. The van der Waals surface area contributed by atoms with Crippen LogP contribution in [0.2, 0.25) is 0 Å². The van der Waals surface area contributed by atoms with Crippen molar-refractivity contribution in [1.82, 2.24) is 4.90 Å². The Hall–Kier alpha value is -0.370. The topological polar surface area (TPSA) is 20.3 Å². The maximum Gasteiger partial charge on any atom is 0.127 e. The van der Waals surface area contributed by atoms with E-state index in [9.17, 15) is 4.79 Å². The van der Waals surface area contributed by atoms with Crippen molar-refractivity contribution in [2.75, 3.05) is 19.6 Å². The predicted molar refractivity (Wildman–Crippen MR) is 68.5 cm³/mol. The Morgan fingerprint density at radius 1 is 1.31 bits per heavy atom. The Bertz CT molecular complexity index is 213. The first kappa shape index (κ1) is 13.7. The van der Waals surface area contributed by atoms with Crippen LogP contribution in [0.3, 0.4) is 0 Å². The molecule has 0 aromatic heterocycles. The highest BCUT2D eigenvalue weighted by molar-refractivity contribution is 5.59. The van der Waals surface area contributed by atoms with Crippen molar-refractivity contribution in [3.8, 4) is 0 Å². The zero-order chi connectivity index (χ0) is 12.0. The summed E-state index contributed by atoms with van der Waals surface area (Å²) in [6.07, 6.45) is 7.26. The number of hydrogen-bond acceptors (Lipinski definition) is 2. The average Bonchev–Trinajstić information content (AvgIpc) is 3.02. The molecule has 2 heteroatoms. The summed E-state index contributed by atoms with van der Waals surface area (Å²) < 4.78 is 0. The van der Waals surface area contributed by atoms with E-state index in [-0.39, 0.29) is 5.41 Å². The summed E-state index contributed by atoms with van der Waals surface area (Å²) in [7, 11) is 0. The van der Waals surface area contributed by atoms with Crippen LogP contribution in [0.25, 0.3) is 0 Å². The molecule has 0 spiro atoms. The molecule has 0 amide bonds. The lowest BCUT2D eigenvalue weighted by Crippen LogP contribution is -2.38. The van der Waals surface area contributed by atoms with Gasteiger partial charge in [0, 0.05) is 18.5 Å². The molecule has 94 valence electrons. The van der Waals surface area contributed by atoms with Crippen molar-refractivity contribution in [3.63, 3.8) is 0 Å². The van der Waals surface area contributed by atoms with Crippen LogP contribution in [0, 0.1) is 11.3 Å². The van der Waals surface area contributed by atoms with Gasteiger partial charge in [0.15, 0.2) is 0 Å². The second-order valence-electron chi connectivity index (χ2n) is 5.70. The summed E-state index contributed by atoms with van der Waals surface area (Å²) in [6, 6.07) is 0. The van der Waals surface area contributed by atoms with Gasteiger partial charge in [-0.2, -0.15) is 0 Å². The quantitative estimate of drug-likeness (QED) is 0.562. The Labute approximate surface area is 100 Å². The zero-order valence-corrected chi connectivity index (χ0v) is 11.2. The maximum atomic E-state index is 11.2. The molecular weight excluding hydrogens is 198 g/mol. The number of carbonyl (C=O) groups is 1. The first-order valence-electron chi connectivity index (χ1n) is 6.82. The molecule has 0 aliphatic heterocycles. The predicted octanol–water partition coefficient (Wildman–Crippen LogP) is 3.11. The normalized spacial score (nSPS) is 19.8. The van der Waals surface area contributed by atoms with E-state index in [1.54, 1.807) is 0 Å². The summed E-state index contributed by atoms with van der Waals surface area (Å²) >= 11 is 0. The highest BCUT2D eigenvalue weighted by atomic mass is 16.1. The molecule has 0 N–H and O–H groups in total. The molecule has 1 atom stereocenters. The van der Waals surface area contributed by atoms with Crippen LogP contribution in [0.1, 0.15) is 52.9 Å². The third kappa shape index (κ3) is 4.65. The molecule has 0 aromatic carbocycles. The lowest BCUT2D eigenvalue weighted by Gasteiger charge is -2.31. The van der Waals surface area contributed by atoms with Crippen LogP contribution >= 0.6 is 0 Å². The number of rotatable bonds is 9. The monoisotopic (exact) mass is 225 g/mol. The largest absolute Gasteiger partial charge is 0.303 e. The van der Waals surface area contributed by atoms with E-state index in [0.29, 0.717) is 0 Å². The fourth-order valence-corrected chi connectivity index (χ4v) is 2.47. The van der Waals surface area contributed by atoms with Gasteiger partial charge in [-0.15, -0.1) is 0 Å². The van der Waals surface area contributed by atoms with E-state index >= 15 is 0 Å². The van der Waals surface area contributed by atoms with Crippen LogP contribution in [-0.2, 0) is 4.79 Å². The molecule has 2 nitrogen and oxygen atoms in total.